The van der Waals surface area contributed by atoms with Crippen molar-refractivity contribution in [3.8, 4) is 0 Å². The van der Waals surface area contributed by atoms with Crippen LogP contribution in [0.4, 0.5) is 18.9 Å². The van der Waals surface area contributed by atoms with Crippen molar-refractivity contribution in [1.82, 2.24) is 9.91 Å². The van der Waals surface area contributed by atoms with E-state index in [4.69, 9.17) is 10.7 Å². The molecule has 0 aromatic heterocycles. The van der Waals surface area contributed by atoms with Gasteiger partial charge in [-0.05, 0) is 42.5 Å². The van der Waals surface area contributed by atoms with E-state index in [2.05, 4.69) is 10.1 Å². The van der Waals surface area contributed by atoms with Crippen LogP contribution >= 0.6 is 0 Å². The van der Waals surface area contributed by atoms with Gasteiger partial charge in [-0.25, -0.2) is 24.0 Å². The SMILES string of the molecule is CO/N=C(/C1=CC2=CN=C(N(C)C)N(N)C2N1c1c(F)cccc1F)c1ccc(F)cc1. The number of allylic oxidation sites excluding steroid dienone is 1. The molecular weight excluding hydrogens is 421 g/mol. The number of hydrazine groups is 1. The Balaban J connectivity index is 1.93. The minimum Gasteiger partial charge on any atom is -0.399 e. The van der Waals surface area contributed by atoms with Gasteiger partial charge in [-0.1, -0.05) is 11.2 Å². The summed E-state index contributed by atoms with van der Waals surface area (Å²) in [7, 11) is 4.86. The topological polar surface area (TPSA) is 69.7 Å². The number of hydrogen-bond donors (Lipinski definition) is 1. The van der Waals surface area contributed by atoms with Gasteiger partial charge < -0.3 is 14.6 Å². The number of guanidine groups is 1. The Kier molecular flexibility index (Phi) is 5.62. The normalized spacial score (nSPS) is 18.2. The molecule has 2 aromatic rings. The number of aliphatic imine (C=N–C) groups is 1. The maximum absolute atomic E-state index is 15.0. The van der Waals surface area contributed by atoms with Crippen molar-refractivity contribution < 1.29 is 18.0 Å². The van der Waals surface area contributed by atoms with Crippen molar-refractivity contribution in [1.29, 1.82) is 0 Å². The second-order valence-electron chi connectivity index (χ2n) is 7.33. The fraction of sp³-hybridized carbons (Fsp3) is 0.182. The van der Waals surface area contributed by atoms with Crippen LogP contribution < -0.4 is 10.7 Å². The second kappa shape index (κ2) is 8.39. The molecule has 4 rings (SSSR count). The van der Waals surface area contributed by atoms with Crippen LogP contribution in [-0.2, 0) is 4.84 Å². The number of benzene rings is 2. The van der Waals surface area contributed by atoms with E-state index in [1.165, 1.54) is 47.4 Å². The Bertz CT molecular complexity index is 1140. The van der Waals surface area contributed by atoms with Crippen molar-refractivity contribution in [2.45, 2.75) is 6.17 Å². The highest BCUT2D eigenvalue weighted by molar-refractivity contribution is 6.15. The van der Waals surface area contributed by atoms with Crippen LogP contribution in [0.25, 0.3) is 0 Å². The fourth-order valence-corrected chi connectivity index (χ4v) is 3.72. The fourth-order valence-electron chi connectivity index (χ4n) is 3.72. The van der Waals surface area contributed by atoms with Crippen LogP contribution in [0.1, 0.15) is 5.56 Å². The predicted molar refractivity (Wildman–Crippen MR) is 116 cm³/mol. The molecule has 0 fully saturated rings. The third-order valence-corrected chi connectivity index (χ3v) is 5.05. The minimum absolute atomic E-state index is 0.241. The van der Waals surface area contributed by atoms with Gasteiger partial charge >= 0.3 is 0 Å². The van der Waals surface area contributed by atoms with Gasteiger partial charge in [-0.3, -0.25) is 5.01 Å². The standard InChI is InChI=1S/C22H21F3N6O/c1-29(2)22-27-12-14-11-18(19(28-32-3)13-7-9-15(23)10-8-13)30(21(14)31(22)26)20-16(24)5-4-6-17(20)25/h4-12,21H,26H2,1-3H3/b28-19+. The van der Waals surface area contributed by atoms with E-state index in [0.717, 1.165) is 12.1 Å². The maximum atomic E-state index is 15.0. The summed E-state index contributed by atoms with van der Waals surface area (Å²) >= 11 is 0. The van der Waals surface area contributed by atoms with E-state index in [9.17, 15) is 13.2 Å². The van der Waals surface area contributed by atoms with Gasteiger partial charge in [0.05, 0.1) is 5.70 Å². The molecule has 0 saturated heterocycles. The van der Waals surface area contributed by atoms with Crippen molar-refractivity contribution >= 4 is 17.4 Å². The molecule has 0 spiro atoms. The molecule has 2 heterocycles. The van der Waals surface area contributed by atoms with Crippen LogP contribution in [0.15, 0.2) is 76.2 Å². The molecule has 1 atom stereocenters. The third kappa shape index (κ3) is 3.58. The lowest BCUT2D eigenvalue weighted by Crippen LogP contribution is -2.58. The van der Waals surface area contributed by atoms with Crippen molar-refractivity contribution in [2.75, 3.05) is 26.1 Å². The van der Waals surface area contributed by atoms with E-state index in [1.54, 1.807) is 31.3 Å². The second-order valence-corrected chi connectivity index (χ2v) is 7.33. The number of hydrogen-bond acceptors (Lipinski definition) is 7. The quantitative estimate of drug-likeness (QED) is 0.448. The summed E-state index contributed by atoms with van der Waals surface area (Å²) in [6.07, 6.45) is 2.44. The molecule has 7 nitrogen and oxygen atoms in total. The van der Waals surface area contributed by atoms with Crippen molar-refractivity contribution in [3.63, 3.8) is 0 Å². The number of nitrogens with zero attached hydrogens (tertiary/aromatic N) is 5. The zero-order chi connectivity index (χ0) is 23.0. The zero-order valence-electron chi connectivity index (χ0n) is 17.6. The maximum Gasteiger partial charge on any atom is 0.217 e. The molecule has 0 saturated carbocycles. The average molecular weight is 442 g/mol. The lowest BCUT2D eigenvalue weighted by atomic mass is 10.1. The number of anilines is 1. The Morgan fingerprint density at radius 2 is 1.75 bits per heavy atom. The molecule has 32 heavy (non-hydrogen) atoms. The monoisotopic (exact) mass is 442 g/mol. The first kappa shape index (κ1) is 21.4. The zero-order valence-corrected chi connectivity index (χ0v) is 17.6. The summed E-state index contributed by atoms with van der Waals surface area (Å²) in [5.74, 6) is 4.76. The first-order chi connectivity index (χ1) is 15.3. The van der Waals surface area contributed by atoms with Gasteiger partial charge in [0.1, 0.15) is 36.0 Å². The lowest BCUT2D eigenvalue weighted by Gasteiger charge is -2.40. The largest absolute Gasteiger partial charge is 0.399 e. The smallest absolute Gasteiger partial charge is 0.217 e. The highest BCUT2D eigenvalue weighted by atomic mass is 19.1. The molecule has 166 valence electrons. The molecule has 2 aliphatic heterocycles. The summed E-state index contributed by atoms with van der Waals surface area (Å²) in [6.45, 7) is 0. The van der Waals surface area contributed by atoms with E-state index in [0.29, 0.717) is 22.8 Å². The first-order valence-corrected chi connectivity index (χ1v) is 9.65. The summed E-state index contributed by atoms with van der Waals surface area (Å²) in [5, 5.41) is 5.40. The summed E-state index contributed by atoms with van der Waals surface area (Å²) < 4.78 is 43.5. The molecule has 2 aliphatic rings. The van der Waals surface area contributed by atoms with Gasteiger partial charge in [0.15, 0.2) is 6.17 Å². The van der Waals surface area contributed by atoms with Crippen LogP contribution in [0.3, 0.4) is 0 Å². The van der Waals surface area contributed by atoms with Crippen LogP contribution in [0, 0.1) is 17.5 Å². The Morgan fingerprint density at radius 1 is 1.09 bits per heavy atom. The number of fused-ring (bicyclic) bond motifs is 1. The van der Waals surface area contributed by atoms with Crippen LogP contribution in [-0.4, -0.2) is 49.0 Å². The molecule has 1 unspecified atom stereocenters. The van der Waals surface area contributed by atoms with Crippen molar-refractivity contribution in [3.05, 3.63) is 89.0 Å². The van der Waals surface area contributed by atoms with E-state index in [1.807, 2.05) is 0 Å². The highest BCUT2D eigenvalue weighted by Crippen LogP contribution is 2.39. The molecule has 0 bridgehead atoms. The molecule has 0 radical (unpaired) electrons. The first-order valence-electron chi connectivity index (χ1n) is 9.65. The summed E-state index contributed by atoms with van der Waals surface area (Å²) in [6, 6.07) is 9.13. The summed E-state index contributed by atoms with van der Waals surface area (Å²) in [4.78, 5) is 12.5. The number of oxime groups is 1. The minimum atomic E-state index is -0.811. The van der Waals surface area contributed by atoms with E-state index < -0.39 is 23.6 Å². The van der Waals surface area contributed by atoms with Gasteiger partial charge in [0, 0.05) is 31.4 Å². The molecule has 0 aliphatic carbocycles. The molecular formula is C22H21F3N6O. The number of halogens is 3. The predicted octanol–water partition coefficient (Wildman–Crippen LogP) is 3.18. The number of para-hydroxylation sites is 1. The third-order valence-electron chi connectivity index (χ3n) is 5.05. The molecule has 2 aromatic carbocycles. The Labute approximate surface area is 183 Å². The van der Waals surface area contributed by atoms with Crippen LogP contribution in [0.2, 0.25) is 0 Å². The highest BCUT2D eigenvalue weighted by Gasteiger charge is 2.42. The number of rotatable bonds is 4. The molecule has 2 N–H and O–H groups in total. The van der Waals surface area contributed by atoms with Crippen LogP contribution in [0.5, 0.6) is 0 Å². The average Bonchev–Trinajstić information content (AvgIpc) is 3.12. The van der Waals surface area contributed by atoms with Crippen molar-refractivity contribution in [2.24, 2.45) is 16.0 Å². The van der Waals surface area contributed by atoms with Gasteiger partial charge in [0.25, 0.3) is 0 Å². The van der Waals surface area contributed by atoms with Gasteiger partial charge in [-0.15, -0.1) is 0 Å². The Hall–Kier alpha value is -3.79. The van der Waals surface area contributed by atoms with E-state index in [-0.39, 0.29) is 11.4 Å². The summed E-state index contributed by atoms with van der Waals surface area (Å²) in [5.41, 5.74) is 1.31. The lowest BCUT2D eigenvalue weighted by molar-refractivity contribution is 0.213. The van der Waals surface area contributed by atoms with Gasteiger partial charge in [-0.2, -0.15) is 0 Å². The van der Waals surface area contributed by atoms with E-state index >= 15 is 0 Å². The molecule has 0 amide bonds. The van der Waals surface area contributed by atoms with Gasteiger partial charge in [0.2, 0.25) is 5.96 Å². The number of nitrogens with two attached hydrogens (primary N) is 1. The molecule has 10 heteroatoms. The Morgan fingerprint density at radius 3 is 2.34 bits per heavy atom.